The van der Waals surface area contributed by atoms with Gasteiger partial charge in [-0.2, -0.15) is 0 Å². The van der Waals surface area contributed by atoms with Crippen molar-refractivity contribution in [1.82, 2.24) is 4.90 Å². The summed E-state index contributed by atoms with van der Waals surface area (Å²) in [4.78, 5) is 13.6. The Labute approximate surface area is 96.6 Å². The van der Waals surface area contributed by atoms with Gasteiger partial charge < -0.3 is 20.5 Å². The van der Waals surface area contributed by atoms with E-state index in [1.807, 2.05) is 13.8 Å². The molecule has 0 bridgehead atoms. The normalized spacial score (nSPS) is 24.5. The molecule has 0 aromatic carbocycles. The Morgan fingerprint density at radius 3 is 2.88 bits per heavy atom. The molecule has 0 saturated carbocycles. The minimum absolute atomic E-state index is 0.0515. The number of ether oxygens (including phenoxy) is 1. The molecular formula is C11H22N2O3. The van der Waals surface area contributed by atoms with E-state index in [0.717, 1.165) is 0 Å². The van der Waals surface area contributed by atoms with Gasteiger partial charge in [0.25, 0.3) is 0 Å². The summed E-state index contributed by atoms with van der Waals surface area (Å²) >= 11 is 0. The van der Waals surface area contributed by atoms with Crippen molar-refractivity contribution in [3.63, 3.8) is 0 Å². The molecule has 1 fully saturated rings. The van der Waals surface area contributed by atoms with Crippen LogP contribution in [0.5, 0.6) is 0 Å². The average molecular weight is 230 g/mol. The van der Waals surface area contributed by atoms with Gasteiger partial charge in [0.2, 0.25) is 5.91 Å². The summed E-state index contributed by atoms with van der Waals surface area (Å²) in [5, 5.41) is 9.12. The fourth-order valence-electron chi connectivity index (χ4n) is 1.99. The lowest BCUT2D eigenvalue weighted by Crippen LogP contribution is -2.55. The van der Waals surface area contributed by atoms with Crippen LogP contribution in [0.1, 0.15) is 26.7 Å². The van der Waals surface area contributed by atoms with Gasteiger partial charge in [0.05, 0.1) is 18.3 Å². The summed E-state index contributed by atoms with van der Waals surface area (Å²) in [6.45, 7) is 5.39. The predicted octanol–water partition coefficient (Wildman–Crippen LogP) is -0.276. The third-order valence-corrected chi connectivity index (χ3v) is 2.63. The lowest BCUT2D eigenvalue weighted by Gasteiger charge is -2.42. The number of amides is 1. The third-order valence-electron chi connectivity index (χ3n) is 2.63. The molecule has 0 spiro atoms. The Balaban J connectivity index is 2.55. The Bertz CT molecular complexity index is 243. The number of morpholine rings is 1. The van der Waals surface area contributed by atoms with Crippen LogP contribution in [0.15, 0.2) is 0 Å². The van der Waals surface area contributed by atoms with Gasteiger partial charge in [-0.1, -0.05) is 0 Å². The molecule has 0 aromatic rings. The molecule has 94 valence electrons. The first kappa shape index (κ1) is 13.4. The van der Waals surface area contributed by atoms with Crippen LogP contribution < -0.4 is 5.73 Å². The van der Waals surface area contributed by atoms with Crippen molar-refractivity contribution in [2.45, 2.75) is 38.4 Å². The molecule has 5 nitrogen and oxygen atoms in total. The molecule has 1 saturated heterocycles. The molecule has 1 amide bonds. The Hall–Kier alpha value is -0.650. The lowest BCUT2D eigenvalue weighted by molar-refractivity contribution is -0.166. The highest BCUT2D eigenvalue weighted by Crippen LogP contribution is 2.21. The SMILES string of the molecule is CC1(C)CN(C(=O)CCCN)CC(CO)O1. The van der Waals surface area contributed by atoms with Crippen molar-refractivity contribution in [3.8, 4) is 0 Å². The summed E-state index contributed by atoms with van der Waals surface area (Å²) in [7, 11) is 0. The van der Waals surface area contributed by atoms with E-state index in [1.54, 1.807) is 4.90 Å². The van der Waals surface area contributed by atoms with E-state index in [4.69, 9.17) is 15.6 Å². The summed E-state index contributed by atoms with van der Waals surface area (Å²) < 4.78 is 5.64. The average Bonchev–Trinajstić information content (AvgIpc) is 2.23. The molecule has 0 aromatic heterocycles. The van der Waals surface area contributed by atoms with E-state index in [0.29, 0.717) is 32.5 Å². The fraction of sp³-hybridized carbons (Fsp3) is 0.909. The number of hydrogen-bond acceptors (Lipinski definition) is 4. The van der Waals surface area contributed by atoms with Crippen LogP contribution in [0.4, 0.5) is 0 Å². The largest absolute Gasteiger partial charge is 0.394 e. The highest BCUT2D eigenvalue weighted by Gasteiger charge is 2.34. The molecule has 1 aliphatic heterocycles. The van der Waals surface area contributed by atoms with Gasteiger partial charge in [-0.3, -0.25) is 4.79 Å². The first-order valence-electron chi connectivity index (χ1n) is 5.75. The van der Waals surface area contributed by atoms with Crippen molar-refractivity contribution in [3.05, 3.63) is 0 Å². The molecule has 5 heteroatoms. The standard InChI is InChI=1S/C11H22N2O3/c1-11(2)8-13(6-9(7-14)16-11)10(15)4-3-5-12/h9,14H,3-8,12H2,1-2H3. The van der Waals surface area contributed by atoms with E-state index in [1.165, 1.54) is 0 Å². The third kappa shape index (κ3) is 3.73. The molecular weight excluding hydrogens is 208 g/mol. The van der Waals surface area contributed by atoms with Crippen molar-refractivity contribution in [1.29, 1.82) is 0 Å². The summed E-state index contributed by atoms with van der Waals surface area (Å²) in [5.74, 6) is 0.0975. The van der Waals surface area contributed by atoms with Crippen LogP contribution in [0.25, 0.3) is 0 Å². The Kier molecular flexibility index (Phi) is 4.70. The number of hydrogen-bond donors (Lipinski definition) is 2. The van der Waals surface area contributed by atoms with E-state index >= 15 is 0 Å². The number of aliphatic hydroxyl groups is 1. The second-order valence-corrected chi connectivity index (χ2v) is 4.85. The van der Waals surface area contributed by atoms with Crippen LogP contribution in [-0.2, 0) is 9.53 Å². The van der Waals surface area contributed by atoms with Crippen molar-refractivity contribution in [2.24, 2.45) is 5.73 Å². The smallest absolute Gasteiger partial charge is 0.222 e. The fourth-order valence-corrected chi connectivity index (χ4v) is 1.99. The quantitative estimate of drug-likeness (QED) is 0.696. The number of aliphatic hydroxyl groups excluding tert-OH is 1. The molecule has 1 aliphatic rings. The number of carbonyl (C=O) groups excluding carboxylic acids is 1. The van der Waals surface area contributed by atoms with Crippen LogP contribution in [0.3, 0.4) is 0 Å². The van der Waals surface area contributed by atoms with E-state index in [2.05, 4.69) is 0 Å². The van der Waals surface area contributed by atoms with Gasteiger partial charge in [-0.15, -0.1) is 0 Å². The number of carbonyl (C=O) groups is 1. The zero-order valence-electron chi connectivity index (χ0n) is 10.1. The zero-order chi connectivity index (χ0) is 12.2. The first-order valence-corrected chi connectivity index (χ1v) is 5.75. The molecule has 3 N–H and O–H groups in total. The zero-order valence-corrected chi connectivity index (χ0v) is 10.1. The molecule has 16 heavy (non-hydrogen) atoms. The molecule has 1 unspecified atom stereocenters. The number of nitrogens with zero attached hydrogens (tertiary/aromatic N) is 1. The molecule has 1 heterocycles. The van der Waals surface area contributed by atoms with Crippen molar-refractivity contribution < 1.29 is 14.6 Å². The molecule has 0 radical (unpaired) electrons. The number of nitrogens with two attached hydrogens (primary N) is 1. The van der Waals surface area contributed by atoms with Gasteiger partial charge in [-0.05, 0) is 26.8 Å². The van der Waals surface area contributed by atoms with E-state index in [9.17, 15) is 4.79 Å². The minimum Gasteiger partial charge on any atom is -0.394 e. The summed E-state index contributed by atoms with van der Waals surface area (Å²) in [6.07, 6.45) is 0.913. The Morgan fingerprint density at radius 1 is 1.62 bits per heavy atom. The monoisotopic (exact) mass is 230 g/mol. The second kappa shape index (κ2) is 5.61. The van der Waals surface area contributed by atoms with Gasteiger partial charge in [0.1, 0.15) is 0 Å². The van der Waals surface area contributed by atoms with Crippen LogP contribution in [0.2, 0.25) is 0 Å². The van der Waals surface area contributed by atoms with Gasteiger partial charge in [0, 0.05) is 19.5 Å². The second-order valence-electron chi connectivity index (χ2n) is 4.85. The maximum absolute atomic E-state index is 11.8. The predicted molar refractivity (Wildman–Crippen MR) is 60.9 cm³/mol. The lowest BCUT2D eigenvalue weighted by atomic mass is 10.0. The van der Waals surface area contributed by atoms with E-state index in [-0.39, 0.29) is 24.2 Å². The Morgan fingerprint density at radius 2 is 2.31 bits per heavy atom. The van der Waals surface area contributed by atoms with E-state index < -0.39 is 0 Å². The topological polar surface area (TPSA) is 75.8 Å². The molecule has 0 aliphatic carbocycles. The van der Waals surface area contributed by atoms with Gasteiger partial charge in [0.15, 0.2) is 0 Å². The van der Waals surface area contributed by atoms with Crippen molar-refractivity contribution in [2.75, 3.05) is 26.2 Å². The molecule has 1 atom stereocenters. The van der Waals surface area contributed by atoms with Gasteiger partial charge >= 0.3 is 0 Å². The maximum atomic E-state index is 11.8. The summed E-state index contributed by atoms with van der Waals surface area (Å²) in [6, 6.07) is 0. The van der Waals surface area contributed by atoms with Crippen LogP contribution in [0, 0.1) is 0 Å². The summed E-state index contributed by atoms with van der Waals surface area (Å²) in [5.41, 5.74) is 4.99. The van der Waals surface area contributed by atoms with Crippen LogP contribution in [-0.4, -0.2) is 53.9 Å². The highest BCUT2D eigenvalue weighted by atomic mass is 16.5. The first-order chi connectivity index (χ1) is 7.48. The number of rotatable bonds is 4. The van der Waals surface area contributed by atoms with Gasteiger partial charge in [-0.25, -0.2) is 0 Å². The maximum Gasteiger partial charge on any atom is 0.222 e. The highest BCUT2D eigenvalue weighted by molar-refractivity contribution is 5.76. The minimum atomic E-state index is -0.385. The molecule has 1 rings (SSSR count). The van der Waals surface area contributed by atoms with Crippen LogP contribution >= 0.6 is 0 Å². The van der Waals surface area contributed by atoms with Crippen molar-refractivity contribution >= 4 is 5.91 Å².